The average Bonchev–Trinajstić information content (AvgIpc) is 3.17. The van der Waals surface area contributed by atoms with Gasteiger partial charge in [-0.25, -0.2) is 0 Å². The number of nitrogens with one attached hydrogen (secondary N) is 1. The minimum Gasteiger partial charge on any atom is -0.497 e. The van der Waals surface area contributed by atoms with Crippen molar-refractivity contribution in [1.29, 1.82) is 0 Å². The minimum absolute atomic E-state index is 0.115. The Bertz CT molecular complexity index is 1180. The van der Waals surface area contributed by atoms with E-state index in [-0.39, 0.29) is 11.9 Å². The summed E-state index contributed by atoms with van der Waals surface area (Å²) in [6, 6.07) is 21.7. The third-order valence-corrected chi connectivity index (χ3v) is 5.30. The van der Waals surface area contributed by atoms with E-state index in [2.05, 4.69) is 41.6 Å². The molecule has 4 rings (SSSR count). The van der Waals surface area contributed by atoms with Gasteiger partial charge in [-0.2, -0.15) is 5.10 Å². The van der Waals surface area contributed by atoms with Crippen LogP contribution in [0.15, 0.2) is 72.9 Å². The van der Waals surface area contributed by atoms with E-state index in [1.807, 2.05) is 60.3 Å². The number of ether oxygens (including phenoxy) is 1. The third kappa shape index (κ3) is 4.20. The first-order valence-electron chi connectivity index (χ1n) is 9.99. The van der Waals surface area contributed by atoms with Crippen molar-refractivity contribution in [2.75, 3.05) is 7.11 Å². The molecular formula is C25H25N3O2. The molecule has 0 aliphatic heterocycles. The Balaban J connectivity index is 1.54. The lowest BCUT2D eigenvalue weighted by Gasteiger charge is -2.15. The number of benzene rings is 3. The van der Waals surface area contributed by atoms with Gasteiger partial charge in [0.25, 0.3) is 5.91 Å². The smallest absolute Gasteiger partial charge is 0.251 e. The van der Waals surface area contributed by atoms with Crippen molar-refractivity contribution in [3.8, 4) is 5.75 Å². The zero-order valence-electron chi connectivity index (χ0n) is 17.4. The van der Waals surface area contributed by atoms with Gasteiger partial charge in [0.15, 0.2) is 0 Å². The predicted octanol–water partition coefficient (Wildman–Crippen LogP) is 4.89. The molecule has 0 radical (unpaired) electrons. The summed E-state index contributed by atoms with van der Waals surface area (Å²) in [6.07, 6.45) is 1.84. The van der Waals surface area contributed by atoms with E-state index in [1.54, 1.807) is 7.11 Å². The van der Waals surface area contributed by atoms with Gasteiger partial charge in [-0.05, 0) is 49.2 Å². The molecule has 0 saturated carbocycles. The summed E-state index contributed by atoms with van der Waals surface area (Å²) < 4.78 is 7.21. The molecule has 152 valence electrons. The fourth-order valence-corrected chi connectivity index (χ4v) is 3.48. The molecular weight excluding hydrogens is 374 g/mol. The van der Waals surface area contributed by atoms with Crippen LogP contribution < -0.4 is 10.1 Å². The number of rotatable bonds is 6. The van der Waals surface area contributed by atoms with E-state index < -0.39 is 0 Å². The molecule has 1 unspecified atom stereocenters. The summed E-state index contributed by atoms with van der Waals surface area (Å²) in [6.45, 7) is 4.70. The Hall–Kier alpha value is -3.60. The zero-order valence-corrected chi connectivity index (χ0v) is 17.4. The summed E-state index contributed by atoms with van der Waals surface area (Å²) in [5, 5.41) is 8.60. The number of hydrogen-bond donors (Lipinski definition) is 1. The predicted molar refractivity (Wildman–Crippen MR) is 119 cm³/mol. The molecule has 0 aliphatic rings. The first-order chi connectivity index (χ1) is 14.5. The van der Waals surface area contributed by atoms with Crippen molar-refractivity contribution in [2.45, 2.75) is 26.4 Å². The van der Waals surface area contributed by atoms with Crippen molar-refractivity contribution < 1.29 is 9.53 Å². The van der Waals surface area contributed by atoms with Crippen LogP contribution in [0.25, 0.3) is 10.9 Å². The number of carbonyl (C=O) groups is 1. The zero-order chi connectivity index (χ0) is 21.1. The van der Waals surface area contributed by atoms with E-state index in [4.69, 9.17) is 4.74 Å². The lowest BCUT2D eigenvalue weighted by atomic mass is 10.1. The normalized spacial score (nSPS) is 12.0. The lowest BCUT2D eigenvalue weighted by molar-refractivity contribution is 0.0940. The van der Waals surface area contributed by atoms with Crippen LogP contribution in [0.2, 0.25) is 0 Å². The number of carbonyl (C=O) groups excluding carboxylic acids is 1. The second-order valence-corrected chi connectivity index (χ2v) is 7.53. The monoisotopic (exact) mass is 399 g/mol. The Kier molecular flexibility index (Phi) is 5.53. The van der Waals surface area contributed by atoms with Crippen LogP contribution in [0.5, 0.6) is 5.75 Å². The number of nitrogens with zero attached hydrogens (tertiary/aromatic N) is 2. The lowest BCUT2D eigenvalue weighted by Crippen LogP contribution is -2.26. The molecule has 0 fully saturated rings. The van der Waals surface area contributed by atoms with E-state index in [9.17, 15) is 4.79 Å². The minimum atomic E-state index is -0.138. The highest BCUT2D eigenvalue weighted by molar-refractivity contribution is 5.98. The number of aromatic nitrogens is 2. The summed E-state index contributed by atoms with van der Waals surface area (Å²) in [7, 11) is 1.64. The van der Waals surface area contributed by atoms with E-state index in [0.717, 1.165) is 22.2 Å². The van der Waals surface area contributed by atoms with Crippen molar-refractivity contribution in [1.82, 2.24) is 15.1 Å². The van der Waals surface area contributed by atoms with Gasteiger partial charge >= 0.3 is 0 Å². The van der Waals surface area contributed by atoms with Crippen LogP contribution in [-0.4, -0.2) is 22.8 Å². The highest BCUT2D eigenvalue weighted by Crippen LogP contribution is 2.21. The van der Waals surface area contributed by atoms with Crippen molar-refractivity contribution in [3.05, 3.63) is 95.2 Å². The molecule has 1 atom stereocenters. The molecule has 0 spiro atoms. The Morgan fingerprint density at radius 2 is 1.90 bits per heavy atom. The van der Waals surface area contributed by atoms with Crippen molar-refractivity contribution in [2.24, 2.45) is 0 Å². The van der Waals surface area contributed by atoms with Gasteiger partial charge in [-0.1, -0.05) is 48.0 Å². The summed E-state index contributed by atoms with van der Waals surface area (Å²) in [5.41, 5.74) is 4.95. The molecule has 3 aromatic carbocycles. The molecule has 0 bridgehead atoms. The van der Waals surface area contributed by atoms with Gasteiger partial charge in [0.2, 0.25) is 0 Å². The van der Waals surface area contributed by atoms with E-state index in [0.29, 0.717) is 12.1 Å². The molecule has 1 heterocycles. The van der Waals surface area contributed by atoms with Crippen LogP contribution in [0.1, 0.15) is 40.0 Å². The van der Waals surface area contributed by atoms with Crippen LogP contribution in [0, 0.1) is 6.92 Å². The second-order valence-electron chi connectivity index (χ2n) is 7.53. The molecule has 0 aliphatic carbocycles. The largest absolute Gasteiger partial charge is 0.497 e. The molecule has 0 saturated heterocycles. The molecule has 30 heavy (non-hydrogen) atoms. The standard InChI is InChI=1S/C25H25N3O2/c1-17-7-9-19(10-8-17)16-28-24-14-21(11-12-22(24)15-26-28)25(29)27-18(2)20-5-4-6-23(13-20)30-3/h4-15,18H,16H2,1-3H3,(H,27,29). The highest BCUT2D eigenvalue weighted by Gasteiger charge is 2.14. The molecule has 1 amide bonds. The Morgan fingerprint density at radius 3 is 2.67 bits per heavy atom. The highest BCUT2D eigenvalue weighted by atomic mass is 16.5. The van der Waals surface area contributed by atoms with Gasteiger partial charge in [0.05, 0.1) is 31.4 Å². The van der Waals surface area contributed by atoms with E-state index in [1.165, 1.54) is 11.1 Å². The molecule has 5 heteroatoms. The quantitative estimate of drug-likeness (QED) is 0.502. The molecule has 1 N–H and O–H groups in total. The van der Waals surface area contributed by atoms with Crippen molar-refractivity contribution in [3.63, 3.8) is 0 Å². The van der Waals surface area contributed by atoms with Gasteiger partial charge < -0.3 is 10.1 Å². The second kappa shape index (κ2) is 8.41. The number of methoxy groups -OCH3 is 1. The maximum atomic E-state index is 12.9. The molecule has 1 aromatic heterocycles. The average molecular weight is 399 g/mol. The van der Waals surface area contributed by atoms with E-state index >= 15 is 0 Å². The van der Waals surface area contributed by atoms with Crippen LogP contribution in [0.4, 0.5) is 0 Å². The van der Waals surface area contributed by atoms with Crippen LogP contribution >= 0.6 is 0 Å². The Labute approximate surface area is 176 Å². The summed E-state index contributed by atoms with van der Waals surface area (Å²) in [5.74, 6) is 0.658. The molecule has 5 nitrogen and oxygen atoms in total. The summed E-state index contributed by atoms with van der Waals surface area (Å²) >= 11 is 0. The van der Waals surface area contributed by atoms with Gasteiger partial charge in [0, 0.05) is 10.9 Å². The number of amides is 1. The first kappa shape index (κ1) is 19.7. The Morgan fingerprint density at radius 1 is 1.10 bits per heavy atom. The maximum Gasteiger partial charge on any atom is 0.251 e. The van der Waals surface area contributed by atoms with Crippen LogP contribution in [-0.2, 0) is 6.54 Å². The topological polar surface area (TPSA) is 56.1 Å². The maximum absolute atomic E-state index is 12.9. The van der Waals surface area contributed by atoms with Crippen LogP contribution in [0.3, 0.4) is 0 Å². The first-order valence-corrected chi connectivity index (χ1v) is 9.99. The molecule has 4 aromatic rings. The fourth-order valence-electron chi connectivity index (χ4n) is 3.48. The third-order valence-electron chi connectivity index (χ3n) is 5.30. The van der Waals surface area contributed by atoms with Gasteiger partial charge in [-0.3, -0.25) is 9.48 Å². The number of fused-ring (bicyclic) bond motifs is 1. The fraction of sp³-hybridized carbons (Fsp3) is 0.200. The van der Waals surface area contributed by atoms with Gasteiger partial charge in [0.1, 0.15) is 5.75 Å². The number of hydrogen-bond acceptors (Lipinski definition) is 3. The SMILES string of the molecule is COc1cccc(C(C)NC(=O)c2ccc3cnn(Cc4ccc(C)cc4)c3c2)c1. The van der Waals surface area contributed by atoms with Gasteiger partial charge in [-0.15, -0.1) is 0 Å². The summed E-state index contributed by atoms with van der Waals surface area (Å²) in [4.78, 5) is 12.9. The number of aryl methyl sites for hydroxylation is 1. The van der Waals surface area contributed by atoms with Crippen molar-refractivity contribution >= 4 is 16.8 Å².